The van der Waals surface area contributed by atoms with Crippen LogP contribution in [0.5, 0.6) is 5.75 Å². The van der Waals surface area contributed by atoms with Gasteiger partial charge in [0.25, 0.3) is 5.56 Å². The average molecular weight is 444 g/mol. The second-order valence-electron chi connectivity index (χ2n) is 7.93. The van der Waals surface area contributed by atoms with Gasteiger partial charge in [0.1, 0.15) is 10.6 Å². The number of anilines is 1. The molecule has 30 heavy (non-hydrogen) atoms. The van der Waals surface area contributed by atoms with E-state index < -0.39 is 0 Å². The van der Waals surface area contributed by atoms with Crippen molar-refractivity contribution in [2.75, 3.05) is 11.1 Å². The van der Waals surface area contributed by atoms with Gasteiger partial charge in [0.2, 0.25) is 5.91 Å². The molecule has 0 saturated heterocycles. The van der Waals surface area contributed by atoms with Gasteiger partial charge in [0.15, 0.2) is 5.16 Å². The highest BCUT2D eigenvalue weighted by atomic mass is 32.2. The Hall–Kier alpha value is -2.32. The topological polar surface area (TPSA) is 84.1 Å². The van der Waals surface area contributed by atoms with Crippen LogP contribution >= 0.6 is 23.1 Å². The highest BCUT2D eigenvalue weighted by molar-refractivity contribution is 7.99. The molecular weight excluding hydrogens is 418 g/mol. The molecule has 1 unspecified atom stereocenters. The van der Waals surface area contributed by atoms with E-state index in [9.17, 15) is 9.59 Å². The first-order valence-electron chi connectivity index (χ1n) is 10.1. The van der Waals surface area contributed by atoms with Crippen LogP contribution in [-0.2, 0) is 17.6 Å². The Labute approximate surface area is 183 Å². The summed E-state index contributed by atoms with van der Waals surface area (Å²) in [5.74, 6) is 1.43. The van der Waals surface area contributed by atoms with Gasteiger partial charge in [-0.1, -0.05) is 18.7 Å². The summed E-state index contributed by atoms with van der Waals surface area (Å²) < 4.78 is 5.60. The third-order valence-electron chi connectivity index (χ3n) is 4.99. The fraction of sp³-hybridized carbons (Fsp3) is 0.409. The Balaban J connectivity index is 1.41. The third kappa shape index (κ3) is 4.70. The summed E-state index contributed by atoms with van der Waals surface area (Å²) in [6.07, 6.45) is 3.17. The van der Waals surface area contributed by atoms with E-state index in [0.29, 0.717) is 16.8 Å². The van der Waals surface area contributed by atoms with Crippen LogP contribution < -0.4 is 15.6 Å². The van der Waals surface area contributed by atoms with Crippen molar-refractivity contribution in [1.82, 2.24) is 9.97 Å². The predicted molar refractivity (Wildman–Crippen MR) is 123 cm³/mol. The van der Waals surface area contributed by atoms with Crippen LogP contribution in [0, 0.1) is 5.92 Å². The van der Waals surface area contributed by atoms with E-state index in [1.807, 2.05) is 38.1 Å². The first-order valence-corrected chi connectivity index (χ1v) is 11.9. The van der Waals surface area contributed by atoms with Crippen LogP contribution in [0.1, 0.15) is 37.6 Å². The minimum Gasteiger partial charge on any atom is -0.491 e. The largest absolute Gasteiger partial charge is 0.491 e. The smallest absolute Gasteiger partial charge is 0.260 e. The molecule has 2 heterocycles. The third-order valence-corrected chi connectivity index (χ3v) is 7.02. The lowest BCUT2D eigenvalue weighted by molar-refractivity contribution is -0.113. The van der Waals surface area contributed by atoms with Gasteiger partial charge in [-0.3, -0.25) is 9.59 Å². The van der Waals surface area contributed by atoms with Gasteiger partial charge >= 0.3 is 0 Å². The van der Waals surface area contributed by atoms with Crippen molar-refractivity contribution in [2.24, 2.45) is 5.92 Å². The van der Waals surface area contributed by atoms with Gasteiger partial charge in [0, 0.05) is 10.6 Å². The van der Waals surface area contributed by atoms with Crippen LogP contribution in [0.25, 0.3) is 10.2 Å². The summed E-state index contributed by atoms with van der Waals surface area (Å²) in [6, 6.07) is 7.28. The molecule has 0 fully saturated rings. The molecule has 2 N–H and O–H groups in total. The summed E-state index contributed by atoms with van der Waals surface area (Å²) in [5.41, 5.74) is 1.77. The number of aryl methyl sites for hydroxylation is 1. The molecule has 1 aliphatic carbocycles. The minimum absolute atomic E-state index is 0.101. The van der Waals surface area contributed by atoms with Crippen LogP contribution in [0.4, 0.5) is 5.69 Å². The fourth-order valence-corrected chi connectivity index (χ4v) is 5.72. The fourth-order valence-electron chi connectivity index (χ4n) is 3.62. The highest BCUT2D eigenvalue weighted by Crippen LogP contribution is 2.36. The van der Waals surface area contributed by atoms with E-state index in [0.717, 1.165) is 35.2 Å². The molecule has 3 aromatic rings. The number of carbonyl (C=O) groups is 1. The highest BCUT2D eigenvalue weighted by Gasteiger charge is 2.23. The lowest BCUT2D eigenvalue weighted by Gasteiger charge is -2.17. The number of H-pyrrole nitrogens is 1. The Kier molecular flexibility index (Phi) is 6.15. The predicted octanol–water partition coefficient (Wildman–Crippen LogP) is 4.63. The zero-order valence-corrected chi connectivity index (χ0v) is 18.9. The summed E-state index contributed by atoms with van der Waals surface area (Å²) >= 11 is 2.86. The number of ether oxygens (including phenoxy) is 1. The van der Waals surface area contributed by atoms with Crippen molar-refractivity contribution in [1.29, 1.82) is 0 Å². The monoisotopic (exact) mass is 443 g/mol. The van der Waals surface area contributed by atoms with E-state index in [2.05, 4.69) is 22.2 Å². The first-order chi connectivity index (χ1) is 14.4. The Morgan fingerprint density at radius 2 is 2.13 bits per heavy atom. The van der Waals surface area contributed by atoms with E-state index in [1.54, 1.807) is 11.3 Å². The van der Waals surface area contributed by atoms with Crippen LogP contribution in [0.15, 0.2) is 34.2 Å². The summed E-state index contributed by atoms with van der Waals surface area (Å²) in [4.78, 5) is 34.5. The molecule has 1 atom stereocenters. The van der Waals surface area contributed by atoms with Crippen LogP contribution in [0.3, 0.4) is 0 Å². The molecule has 1 amide bonds. The Morgan fingerprint density at radius 1 is 1.37 bits per heavy atom. The lowest BCUT2D eigenvalue weighted by Crippen LogP contribution is -2.16. The minimum atomic E-state index is -0.153. The van der Waals surface area contributed by atoms with E-state index in [-0.39, 0.29) is 23.3 Å². The van der Waals surface area contributed by atoms with E-state index in [1.165, 1.54) is 22.2 Å². The molecule has 0 spiro atoms. The average Bonchev–Trinajstić information content (AvgIpc) is 3.05. The molecule has 0 bridgehead atoms. The maximum atomic E-state index is 12.6. The number of rotatable bonds is 6. The molecule has 0 radical (unpaired) electrons. The number of benzene rings is 1. The van der Waals surface area contributed by atoms with Crippen molar-refractivity contribution in [3.63, 3.8) is 0 Å². The zero-order valence-electron chi connectivity index (χ0n) is 17.3. The van der Waals surface area contributed by atoms with Gasteiger partial charge in [-0.2, -0.15) is 0 Å². The van der Waals surface area contributed by atoms with Crippen LogP contribution in [0.2, 0.25) is 0 Å². The Morgan fingerprint density at radius 3 is 2.87 bits per heavy atom. The van der Waals surface area contributed by atoms with Crippen molar-refractivity contribution >= 4 is 44.9 Å². The Bertz CT molecular complexity index is 1120. The molecule has 8 heteroatoms. The van der Waals surface area contributed by atoms with Gasteiger partial charge in [-0.15, -0.1) is 11.3 Å². The quantitative estimate of drug-likeness (QED) is 0.429. The number of aromatic amines is 1. The molecule has 1 aliphatic rings. The normalized spacial score (nSPS) is 15.9. The number of fused-ring (bicyclic) bond motifs is 3. The van der Waals surface area contributed by atoms with Crippen molar-refractivity contribution < 1.29 is 9.53 Å². The number of amides is 1. The maximum absolute atomic E-state index is 12.6. The number of nitrogens with zero attached hydrogens (tertiary/aromatic N) is 1. The molecule has 4 rings (SSSR count). The van der Waals surface area contributed by atoms with E-state index in [4.69, 9.17) is 4.74 Å². The van der Waals surface area contributed by atoms with Gasteiger partial charge < -0.3 is 15.0 Å². The molecule has 6 nitrogen and oxygen atoms in total. The summed E-state index contributed by atoms with van der Waals surface area (Å²) in [5, 5.41) is 4.07. The van der Waals surface area contributed by atoms with E-state index >= 15 is 0 Å². The van der Waals surface area contributed by atoms with Gasteiger partial charge in [0.05, 0.1) is 17.2 Å². The molecular formula is C22H25N3O3S2. The van der Waals surface area contributed by atoms with Crippen LogP contribution in [-0.4, -0.2) is 27.7 Å². The zero-order chi connectivity index (χ0) is 21.3. The first kappa shape index (κ1) is 20.9. The maximum Gasteiger partial charge on any atom is 0.260 e. The standard InChI is InChI=1S/C22H25N3O3S2/c1-12(2)28-15-7-5-14(6-8-15)23-18(26)11-29-22-24-20(27)19-16-9-4-13(3)10-17(16)30-21(19)25-22/h5-8,12-13H,4,9-11H2,1-3H3,(H,23,26)(H,24,25,27). The number of thiophene rings is 1. The second-order valence-corrected chi connectivity index (χ2v) is 9.98. The lowest BCUT2D eigenvalue weighted by atomic mass is 9.89. The van der Waals surface area contributed by atoms with Gasteiger partial charge in [-0.25, -0.2) is 4.98 Å². The summed E-state index contributed by atoms with van der Waals surface area (Å²) in [6.45, 7) is 6.18. The SMILES string of the molecule is CC1CCc2c(sc3nc(SCC(=O)Nc4ccc(OC(C)C)cc4)[nH]c(=O)c23)C1. The van der Waals surface area contributed by atoms with Crippen molar-refractivity contribution in [2.45, 2.75) is 51.3 Å². The number of hydrogen-bond donors (Lipinski definition) is 2. The molecule has 0 saturated carbocycles. The number of thioether (sulfide) groups is 1. The number of hydrogen-bond acceptors (Lipinski definition) is 6. The number of nitrogens with one attached hydrogen (secondary N) is 2. The molecule has 0 aliphatic heterocycles. The van der Waals surface area contributed by atoms with Gasteiger partial charge in [-0.05, 0) is 68.9 Å². The molecule has 1 aromatic carbocycles. The molecule has 2 aromatic heterocycles. The second kappa shape index (κ2) is 8.81. The van der Waals surface area contributed by atoms with Crippen molar-refractivity contribution in [3.05, 3.63) is 45.1 Å². The number of carbonyl (C=O) groups excluding carboxylic acids is 1. The number of aromatic nitrogens is 2. The molecule has 158 valence electrons. The van der Waals surface area contributed by atoms with Crippen molar-refractivity contribution in [3.8, 4) is 5.75 Å². The summed E-state index contributed by atoms with van der Waals surface area (Å²) in [7, 11) is 0.